The van der Waals surface area contributed by atoms with Crippen molar-refractivity contribution in [2.24, 2.45) is 0 Å². The lowest BCUT2D eigenvalue weighted by atomic mass is 10.1. The van der Waals surface area contributed by atoms with E-state index >= 15 is 0 Å². The smallest absolute Gasteiger partial charge is 0.128 e. The van der Waals surface area contributed by atoms with Crippen LogP contribution in [0.5, 0.6) is 0 Å². The Labute approximate surface area is 109 Å². The summed E-state index contributed by atoms with van der Waals surface area (Å²) < 4.78 is 26.6. The van der Waals surface area contributed by atoms with Crippen molar-refractivity contribution in [1.82, 2.24) is 5.32 Å². The van der Waals surface area contributed by atoms with Gasteiger partial charge in [-0.05, 0) is 60.5 Å². The number of thiophene rings is 1. The van der Waals surface area contributed by atoms with Crippen LogP contribution in [0.3, 0.4) is 0 Å². The monoisotopic (exact) mass is 267 g/mol. The van der Waals surface area contributed by atoms with Crippen molar-refractivity contribution in [2.45, 2.75) is 19.4 Å². The number of hydrogen-bond acceptors (Lipinski definition) is 2. The van der Waals surface area contributed by atoms with E-state index in [1.54, 1.807) is 11.3 Å². The van der Waals surface area contributed by atoms with Crippen molar-refractivity contribution in [3.63, 3.8) is 0 Å². The summed E-state index contributed by atoms with van der Waals surface area (Å²) in [7, 11) is 0. The fourth-order valence-electron chi connectivity index (χ4n) is 1.82. The van der Waals surface area contributed by atoms with Crippen LogP contribution in [0.25, 0.3) is 0 Å². The Morgan fingerprint density at radius 1 is 1.28 bits per heavy atom. The molecule has 0 aliphatic heterocycles. The predicted octanol–water partition coefficient (Wildman–Crippen LogP) is 3.92. The van der Waals surface area contributed by atoms with Gasteiger partial charge in [-0.1, -0.05) is 0 Å². The van der Waals surface area contributed by atoms with Gasteiger partial charge in [-0.2, -0.15) is 11.3 Å². The van der Waals surface area contributed by atoms with Crippen molar-refractivity contribution < 1.29 is 8.78 Å². The van der Waals surface area contributed by atoms with Gasteiger partial charge in [0.15, 0.2) is 0 Å². The zero-order valence-corrected chi connectivity index (χ0v) is 10.9. The fraction of sp³-hybridized carbons (Fsp3) is 0.286. The minimum absolute atomic E-state index is 0.195. The molecule has 2 rings (SSSR count). The highest BCUT2D eigenvalue weighted by atomic mass is 32.1. The van der Waals surface area contributed by atoms with Crippen LogP contribution in [0, 0.1) is 11.6 Å². The third-order valence-electron chi connectivity index (χ3n) is 2.87. The van der Waals surface area contributed by atoms with Crippen LogP contribution in [0.15, 0.2) is 35.0 Å². The van der Waals surface area contributed by atoms with E-state index in [1.807, 2.05) is 12.3 Å². The standard InChI is InChI=1S/C14H15F2NS/c1-10(13-8-12(15)2-3-14(13)16)17-6-4-11-5-7-18-9-11/h2-3,5,7-10,17H,4,6H2,1H3. The summed E-state index contributed by atoms with van der Waals surface area (Å²) in [6, 6.07) is 5.43. The van der Waals surface area contributed by atoms with Gasteiger partial charge in [0.2, 0.25) is 0 Å². The molecular weight excluding hydrogens is 252 g/mol. The summed E-state index contributed by atoms with van der Waals surface area (Å²) in [6.07, 6.45) is 0.894. The lowest BCUT2D eigenvalue weighted by Crippen LogP contribution is -2.22. The van der Waals surface area contributed by atoms with Crippen LogP contribution in [0.4, 0.5) is 8.78 Å². The second kappa shape index (κ2) is 6.07. The number of hydrogen-bond donors (Lipinski definition) is 1. The summed E-state index contributed by atoms with van der Waals surface area (Å²) in [5.74, 6) is -0.773. The van der Waals surface area contributed by atoms with Gasteiger partial charge in [0.05, 0.1) is 0 Å². The van der Waals surface area contributed by atoms with Crippen molar-refractivity contribution in [3.05, 3.63) is 57.8 Å². The van der Waals surface area contributed by atoms with E-state index in [-0.39, 0.29) is 11.9 Å². The molecule has 0 radical (unpaired) electrons. The molecule has 0 fully saturated rings. The van der Waals surface area contributed by atoms with E-state index in [0.717, 1.165) is 19.0 Å². The predicted molar refractivity (Wildman–Crippen MR) is 70.8 cm³/mol. The summed E-state index contributed by atoms with van der Waals surface area (Å²) in [5.41, 5.74) is 1.64. The maximum absolute atomic E-state index is 13.5. The van der Waals surface area contributed by atoms with Crippen molar-refractivity contribution in [2.75, 3.05) is 6.54 Å². The first-order chi connectivity index (χ1) is 8.66. The molecular formula is C14H15F2NS. The zero-order valence-electron chi connectivity index (χ0n) is 10.1. The molecule has 2 aromatic rings. The molecule has 0 bridgehead atoms. The van der Waals surface area contributed by atoms with Gasteiger partial charge in [-0.15, -0.1) is 0 Å². The van der Waals surface area contributed by atoms with Gasteiger partial charge in [0.1, 0.15) is 11.6 Å². The summed E-state index contributed by atoms with van der Waals surface area (Å²) in [6.45, 7) is 2.58. The Morgan fingerprint density at radius 2 is 2.11 bits per heavy atom. The average Bonchev–Trinajstić information content (AvgIpc) is 2.85. The SMILES string of the molecule is CC(NCCc1ccsc1)c1cc(F)ccc1F. The first kappa shape index (κ1) is 13.2. The van der Waals surface area contributed by atoms with Crippen LogP contribution in [-0.4, -0.2) is 6.54 Å². The minimum Gasteiger partial charge on any atom is -0.310 e. The van der Waals surface area contributed by atoms with Crippen molar-refractivity contribution in [3.8, 4) is 0 Å². The van der Waals surface area contributed by atoms with Crippen molar-refractivity contribution in [1.29, 1.82) is 0 Å². The Morgan fingerprint density at radius 3 is 2.83 bits per heavy atom. The molecule has 0 saturated heterocycles. The first-order valence-electron chi connectivity index (χ1n) is 5.86. The molecule has 96 valence electrons. The molecule has 0 aliphatic rings. The second-order valence-electron chi connectivity index (χ2n) is 4.22. The van der Waals surface area contributed by atoms with Crippen molar-refractivity contribution >= 4 is 11.3 Å². The summed E-state index contributed by atoms with van der Waals surface area (Å²) >= 11 is 1.66. The van der Waals surface area contributed by atoms with Gasteiger partial charge in [-0.3, -0.25) is 0 Å². The van der Waals surface area contributed by atoms with Crippen LogP contribution in [0.2, 0.25) is 0 Å². The molecule has 1 unspecified atom stereocenters. The average molecular weight is 267 g/mol. The number of nitrogens with one attached hydrogen (secondary N) is 1. The molecule has 1 N–H and O–H groups in total. The molecule has 4 heteroatoms. The number of halogens is 2. The van der Waals surface area contributed by atoms with Crippen LogP contribution < -0.4 is 5.32 Å². The summed E-state index contributed by atoms with van der Waals surface area (Å²) in [5, 5.41) is 7.33. The van der Waals surface area contributed by atoms with Gasteiger partial charge in [0.25, 0.3) is 0 Å². The fourth-order valence-corrected chi connectivity index (χ4v) is 2.53. The Bertz CT molecular complexity index is 497. The van der Waals surface area contributed by atoms with E-state index in [0.29, 0.717) is 5.56 Å². The van der Waals surface area contributed by atoms with Crippen LogP contribution >= 0.6 is 11.3 Å². The maximum atomic E-state index is 13.5. The molecule has 0 aliphatic carbocycles. The Kier molecular flexibility index (Phi) is 4.44. The lowest BCUT2D eigenvalue weighted by Gasteiger charge is -2.14. The highest BCUT2D eigenvalue weighted by Gasteiger charge is 2.11. The normalized spacial score (nSPS) is 12.6. The van der Waals surface area contributed by atoms with Crippen LogP contribution in [0.1, 0.15) is 24.1 Å². The zero-order chi connectivity index (χ0) is 13.0. The first-order valence-corrected chi connectivity index (χ1v) is 6.80. The lowest BCUT2D eigenvalue weighted by molar-refractivity contribution is 0.521. The molecule has 1 aromatic heterocycles. The van der Waals surface area contributed by atoms with E-state index in [2.05, 4.69) is 16.8 Å². The molecule has 0 amide bonds. The molecule has 1 atom stereocenters. The molecule has 1 aromatic carbocycles. The van der Waals surface area contributed by atoms with Gasteiger partial charge >= 0.3 is 0 Å². The maximum Gasteiger partial charge on any atom is 0.128 e. The van der Waals surface area contributed by atoms with E-state index < -0.39 is 5.82 Å². The molecule has 0 spiro atoms. The topological polar surface area (TPSA) is 12.0 Å². The molecule has 1 heterocycles. The molecule has 18 heavy (non-hydrogen) atoms. The van der Waals surface area contributed by atoms with Gasteiger partial charge in [0, 0.05) is 11.6 Å². The minimum atomic E-state index is -0.405. The molecule has 0 saturated carbocycles. The summed E-state index contributed by atoms with van der Waals surface area (Å²) in [4.78, 5) is 0. The van der Waals surface area contributed by atoms with E-state index in [4.69, 9.17) is 0 Å². The van der Waals surface area contributed by atoms with Gasteiger partial charge < -0.3 is 5.32 Å². The third-order valence-corrected chi connectivity index (χ3v) is 3.60. The highest BCUT2D eigenvalue weighted by Crippen LogP contribution is 2.18. The Hall–Kier alpha value is -1.26. The van der Waals surface area contributed by atoms with Crippen LogP contribution in [-0.2, 0) is 6.42 Å². The number of rotatable bonds is 5. The largest absolute Gasteiger partial charge is 0.310 e. The third kappa shape index (κ3) is 3.37. The Balaban J connectivity index is 1.91. The van der Waals surface area contributed by atoms with E-state index in [1.165, 1.54) is 17.7 Å². The second-order valence-corrected chi connectivity index (χ2v) is 5.00. The van der Waals surface area contributed by atoms with E-state index in [9.17, 15) is 8.78 Å². The highest BCUT2D eigenvalue weighted by molar-refractivity contribution is 7.07. The quantitative estimate of drug-likeness (QED) is 0.865. The molecule has 1 nitrogen and oxygen atoms in total. The van der Waals surface area contributed by atoms with Gasteiger partial charge in [-0.25, -0.2) is 8.78 Å². The number of benzene rings is 1.